The number of halogens is 3. The zero-order chi connectivity index (χ0) is 21.4. The number of carbonyl (C=O) groups is 3. The minimum absolute atomic E-state index is 0.0340. The van der Waals surface area contributed by atoms with E-state index in [1.165, 1.54) is 31.3 Å². The Labute approximate surface area is 166 Å². The molecular formula is C21H21F3N2O3. The van der Waals surface area contributed by atoms with Gasteiger partial charge in [0.25, 0.3) is 0 Å². The van der Waals surface area contributed by atoms with Gasteiger partial charge in [-0.3, -0.25) is 19.3 Å². The second-order valence-electron chi connectivity index (χ2n) is 6.54. The second kappa shape index (κ2) is 10.4. The zero-order valence-electron chi connectivity index (χ0n) is 15.9. The van der Waals surface area contributed by atoms with Gasteiger partial charge in [-0.15, -0.1) is 0 Å². The molecule has 2 aromatic rings. The number of hydrogen-bond donors (Lipinski definition) is 0. The first kappa shape index (κ1) is 22.1. The highest BCUT2D eigenvalue weighted by Crippen LogP contribution is 2.19. The minimum atomic E-state index is -1.54. The van der Waals surface area contributed by atoms with Crippen molar-refractivity contribution in [2.75, 3.05) is 20.1 Å². The molecule has 0 heterocycles. The molecule has 5 nitrogen and oxygen atoms in total. The summed E-state index contributed by atoms with van der Waals surface area (Å²) >= 11 is 0. The molecule has 0 fully saturated rings. The number of nitrogens with zero attached hydrogens (tertiary/aromatic N) is 2. The van der Waals surface area contributed by atoms with Crippen LogP contribution in [-0.4, -0.2) is 48.2 Å². The molecule has 0 spiro atoms. The molecule has 8 heteroatoms. The number of likely N-dealkylation sites (N-methyl/N-ethyl adjacent to an activating group) is 1. The average molecular weight is 406 g/mol. The number of rotatable bonds is 9. The first-order valence-electron chi connectivity index (χ1n) is 8.93. The molecule has 0 saturated carbocycles. The predicted octanol–water partition coefficient (Wildman–Crippen LogP) is 3.05. The van der Waals surface area contributed by atoms with Crippen molar-refractivity contribution in [2.45, 2.75) is 19.0 Å². The first-order chi connectivity index (χ1) is 13.8. The van der Waals surface area contributed by atoms with Crippen LogP contribution in [0, 0.1) is 11.6 Å². The van der Waals surface area contributed by atoms with E-state index in [2.05, 4.69) is 0 Å². The molecule has 2 rings (SSSR count). The van der Waals surface area contributed by atoms with E-state index in [1.807, 2.05) is 0 Å². The second-order valence-corrected chi connectivity index (χ2v) is 6.54. The Hall–Kier alpha value is -3.16. The summed E-state index contributed by atoms with van der Waals surface area (Å²) in [7, 11) is 1.34. The SMILES string of the molecule is CN(CC(F)c1ccc(F)cc1)C(=O)CC(=O)N(C=O)CCc1ccc(F)cc1. The van der Waals surface area contributed by atoms with Crippen LogP contribution in [0.25, 0.3) is 0 Å². The van der Waals surface area contributed by atoms with Gasteiger partial charge in [0.2, 0.25) is 18.2 Å². The third kappa shape index (κ3) is 6.74. The summed E-state index contributed by atoms with van der Waals surface area (Å²) in [5, 5.41) is 0. The average Bonchev–Trinajstić information content (AvgIpc) is 2.70. The number of imide groups is 1. The first-order valence-corrected chi connectivity index (χ1v) is 8.93. The molecule has 0 radical (unpaired) electrons. The zero-order valence-corrected chi connectivity index (χ0v) is 15.9. The maximum absolute atomic E-state index is 14.3. The fraction of sp³-hybridized carbons (Fsp3) is 0.286. The van der Waals surface area contributed by atoms with Gasteiger partial charge in [-0.1, -0.05) is 24.3 Å². The van der Waals surface area contributed by atoms with Gasteiger partial charge in [-0.05, 0) is 41.8 Å². The van der Waals surface area contributed by atoms with E-state index < -0.39 is 36.0 Å². The van der Waals surface area contributed by atoms with E-state index in [9.17, 15) is 27.6 Å². The van der Waals surface area contributed by atoms with Crippen LogP contribution in [0.5, 0.6) is 0 Å². The highest BCUT2D eigenvalue weighted by molar-refractivity contribution is 6.00. The van der Waals surface area contributed by atoms with Gasteiger partial charge in [0, 0.05) is 13.6 Å². The summed E-state index contributed by atoms with van der Waals surface area (Å²) < 4.78 is 40.1. The molecule has 0 aliphatic rings. The van der Waals surface area contributed by atoms with E-state index in [4.69, 9.17) is 0 Å². The number of alkyl halides is 1. The smallest absolute Gasteiger partial charge is 0.238 e. The monoisotopic (exact) mass is 406 g/mol. The molecule has 0 aliphatic carbocycles. The minimum Gasteiger partial charge on any atom is -0.342 e. The molecule has 0 aromatic heterocycles. The normalized spacial score (nSPS) is 11.6. The predicted molar refractivity (Wildman–Crippen MR) is 100 cm³/mol. The number of benzene rings is 2. The molecule has 1 unspecified atom stereocenters. The maximum Gasteiger partial charge on any atom is 0.238 e. The lowest BCUT2D eigenvalue weighted by Crippen LogP contribution is -2.37. The van der Waals surface area contributed by atoms with Crippen LogP contribution < -0.4 is 0 Å². The Balaban J connectivity index is 1.86. The molecule has 154 valence electrons. The van der Waals surface area contributed by atoms with E-state index >= 15 is 0 Å². The lowest BCUT2D eigenvalue weighted by molar-refractivity contribution is -0.143. The van der Waals surface area contributed by atoms with Crippen molar-refractivity contribution in [3.8, 4) is 0 Å². The Morgan fingerprint density at radius 2 is 1.52 bits per heavy atom. The molecule has 3 amide bonds. The van der Waals surface area contributed by atoms with Crippen LogP contribution in [-0.2, 0) is 20.8 Å². The Kier molecular flexibility index (Phi) is 7.94. The van der Waals surface area contributed by atoms with Gasteiger partial charge < -0.3 is 4.90 Å². The fourth-order valence-electron chi connectivity index (χ4n) is 2.62. The van der Waals surface area contributed by atoms with Crippen LogP contribution in [0.3, 0.4) is 0 Å². The van der Waals surface area contributed by atoms with E-state index in [0.717, 1.165) is 27.5 Å². The molecule has 0 saturated heterocycles. The van der Waals surface area contributed by atoms with E-state index in [1.54, 1.807) is 12.1 Å². The van der Waals surface area contributed by atoms with Gasteiger partial charge in [-0.25, -0.2) is 13.2 Å². The highest BCUT2D eigenvalue weighted by Gasteiger charge is 2.22. The standard InChI is InChI=1S/C21H21F3N2O3/c1-25(13-19(24)16-4-8-18(23)9-5-16)20(28)12-21(29)26(14-27)11-10-15-2-6-17(22)7-3-15/h2-9,14,19H,10-13H2,1H3. The van der Waals surface area contributed by atoms with Gasteiger partial charge in [0.1, 0.15) is 24.2 Å². The lowest BCUT2D eigenvalue weighted by atomic mass is 10.1. The summed E-state index contributed by atoms with van der Waals surface area (Å²) in [6, 6.07) is 10.4. The fourth-order valence-corrected chi connectivity index (χ4v) is 2.62. The van der Waals surface area contributed by atoms with E-state index in [0.29, 0.717) is 12.8 Å². The van der Waals surface area contributed by atoms with Gasteiger partial charge in [0.05, 0.1) is 6.54 Å². The summed E-state index contributed by atoms with van der Waals surface area (Å²) in [6.45, 7) is -0.277. The van der Waals surface area contributed by atoms with Crippen LogP contribution >= 0.6 is 0 Å². The Morgan fingerprint density at radius 3 is 2.07 bits per heavy atom. The molecule has 0 N–H and O–H groups in total. The topological polar surface area (TPSA) is 57.7 Å². The van der Waals surface area contributed by atoms with Crippen molar-refractivity contribution in [1.29, 1.82) is 0 Å². The summed E-state index contributed by atoms with van der Waals surface area (Å²) in [4.78, 5) is 37.5. The van der Waals surface area contributed by atoms with Crippen molar-refractivity contribution >= 4 is 18.2 Å². The molecular weight excluding hydrogens is 385 g/mol. The van der Waals surface area contributed by atoms with Crippen molar-refractivity contribution in [2.24, 2.45) is 0 Å². The Bertz CT molecular complexity index is 841. The molecule has 0 aliphatic heterocycles. The van der Waals surface area contributed by atoms with Crippen LogP contribution in [0.4, 0.5) is 13.2 Å². The van der Waals surface area contributed by atoms with Crippen molar-refractivity contribution in [1.82, 2.24) is 9.80 Å². The maximum atomic E-state index is 14.3. The quantitative estimate of drug-likeness (QED) is 0.475. The lowest BCUT2D eigenvalue weighted by Gasteiger charge is -2.21. The van der Waals surface area contributed by atoms with Crippen LogP contribution in [0.1, 0.15) is 23.7 Å². The third-order valence-corrected chi connectivity index (χ3v) is 4.40. The van der Waals surface area contributed by atoms with E-state index in [-0.39, 0.29) is 18.7 Å². The number of carbonyl (C=O) groups excluding carboxylic acids is 3. The third-order valence-electron chi connectivity index (χ3n) is 4.40. The molecule has 2 aromatic carbocycles. The summed E-state index contributed by atoms with van der Waals surface area (Å²) in [6.07, 6.45) is -1.49. The van der Waals surface area contributed by atoms with Gasteiger partial charge in [0.15, 0.2) is 0 Å². The summed E-state index contributed by atoms with van der Waals surface area (Å²) in [5.74, 6) is -2.24. The van der Waals surface area contributed by atoms with Crippen LogP contribution in [0.15, 0.2) is 48.5 Å². The number of hydrogen-bond acceptors (Lipinski definition) is 3. The number of amides is 3. The van der Waals surface area contributed by atoms with Crippen molar-refractivity contribution in [3.05, 3.63) is 71.3 Å². The van der Waals surface area contributed by atoms with Crippen LogP contribution in [0.2, 0.25) is 0 Å². The largest absolute Gasteiger partial charge is 0.342 e. The van der Waals surface area contributed by atoms with Gasteiger partial charge in [-0.2, -0.15) is 0 Å². The van der Waals surface area contributed by atoms with Crippen molar-refractivity contribution < 1.29 is 27.6 Å². The summed E-state index contributed by atoms with van der Waals surface area (Å²) in [5.41, 5.74) is 0.945. The molecule has 29 heavy (non-hydrogen) atoms. The highest BCUT2D eigenvalue weighted by atomic mass is 19.1. The molecule has 0 bridgehead atoms. The Morgan fingerprint density at radius 1 is 0.966 bits per heavy atom. The molecule has 1 atom stereocenters. The van der Waals surface area contributed by atoms with Gasteiger partial charge >= 0.3 is 0 Å². The van der Waals surface area contributed by atoms with Crippen molar-refractivity contribution in [3.63, 3.8) is 0 Å².